The number of ether oxygens (including phenoxy) is 4. The SMILES string of the molecule is NC(c1cc2c(cc1Br)OCCCO2)C1COCCO1. The molecule has 0 aromatic heterocycles. The number of halogens is 1. The second-order valence-electron chi connectivity index (χ2n) is 4.88. The van der Waals surface area contributed by atoms with Crippen LogP contribution in [0.4, 0.5) is 0 Å². The molecule has 110 valence electrons. The third-order valence-electron chi connectivity index (χ3n) is 3.47. The van der Waals surface area contributed by atoms with Gasteiger partial charge in [0, 0.05) is 10.9 Å². The van der Waals surface area contributed by atoms with Gasteiger partial charge in [-0.2, -0.15) is 0 Å². The Hall–Kier alpha value is -0.820. The summed E-state index contributed by atoms with van der Waals surface area (Å²) in [4.78, 5) is 0. The highest BCUT2D eigenvalue weighted by atomic mass is 79.9. The van der Waals surface area contributed by atoms with Crippen LogP contribution in [0.15, 0.2) is 16.6 Å². The van der Waals surface area contributed by atoms with Crippen molar-refractivity contribution in [3.63, 3.8) is 0 Å². The van der Waals surface area contributed by atoms with Gasteiger partial charge < -0.3 is 24.7 Å². The first-order valence-electron chi connectivity index (χ1n) is 6.79. The van der Waals surface area contributed by atoms with Crippen molar-refractivity contribution in [2.75, 3.05) is 33.0 Å². The van der Waals surface area contributed by atoms with Gasteiger partial charge in [-0.05, 0) is 17.7 Å². The van der Waals surface area contributed by atoms with E-state index in [0.717, 1.165) is 28.0 Å². The molecule has 0 amide bonds. The van der Waals surface area contributed by atoms with Crippen LogP contribution in [0, 0.1) is 0 Å². The van der Waals surface area contributed by atoms with E-state index in [9.17, 15) is 0 Å². The van der Waals surface area contributed by atoms with Gasteiger partial charge in [-0.15, -0.1) is 0 Å². The lowest BCUT2D eigenvalue weighted by atomic mass is 10.0. The van der Waals surface area contributed by atoms with Gasteiger partial charge in [-0.3, -0.25) is 0 Å². The fourth-order valence-corrected chi connectivity index (χ4v) is 2.96. The standard InChI is InChI=1S/C14H18BrNO4/c15-10-7-12-11(18-2-1-3-19-12)6-9(10)14(16)13-8-17-4-5-20-13/h6-7,13-14H,1-5,8,16H2. The van der Waals surface area contributed by atoms with E-state index in [0.29, 0.717) is 33.0 Å². The zero-order chi connectivity index (χ0) is 13.9. The molecule has 6 heteroatoms. The lowest BCUT2D eigenvalue weighted by Crippen LogP contribution is -2.38. The van der Waals surface area contributed by atoms with Crippen molar-refractivity contribution in [3.05, 3.63) is 22.2 Å². The smallest absolute Gasteiger partial charge is 0.162 e. The molecule has 0 saturated carbocycles. The minimum Gasteiger partial charge on any atom is -0.490 e. The molecule has 1 saturated heterocycles. The predicted molar refractivity (Wildman–Crippen MR) is 77.2 cm³/mol. The number of rotatable bonds is 2. The third-order valence-corrected chi connectivity index (χ3v) is 4.15. The molecule has 0 spiro atoms. The van der Waals surface area contributed by atoms with Gasteiger partial charge >= 0.3 is 0 Å². The minimum atomic E-state index is -0.262. The number of hydrogen-bond acceptors (Lipinski definition) is 5. The summed E-state index contributed by atoms with van der Waals surface area (Å²) in [6, 6.07) is 3.59. The summed E-state index contributed by atoms with van der Waals surface area (Å²) in [5, 5.41) is 0. The van der Waals surface area contributed by atoms with Crippen LogP contribution in [-0.2, 0) is 9.47 Å². The molecule has 20 heavy (non-hydrogen) atoms. The molecule has 0 aliphatic carbocycles. The Bertz CT molecular complexity index is 476. The highest BCUT2D eigenvalue weighted by Crippen LogP contribution is 2.38. The number of nitrogens with two attached hydrogens (primary N) is 1. The van der Waals surface area contributed by atoms with Crippen molar-refractivity contribution < 1.29 is 18.9 Å². The van der Waals surface area contributed by atoms with Crippen molar-refractivity contribution >= 4 is 15.9 Å². The summed E-state index contributed by atoms with van der Waals surface area (Å²) in [6.07, 6.45) is 0.748. The van der Waals surface area contributed by atoms with Gasteiger partial charge in [0.05, 0.1) is 39.1 Å². The van der Waals surface area contributed by atoms with Gasteiger partial charge in [0.2, 0.25) is 0 Å². The largest absolute Gasteiger partial charge is 0.490 e. The van der Waals surface area contributed by atoms with Gasteiger partial charge in [0.15, 0.2) is 11.5 Å². The molecule has 2 aliphatic rings. The second kappa shape index (κ2) is 6.30. The van der Waals surface area contributed by atoms with Crippen molar-refractivity contribution in [2.45, 2.75) is 18.6 Å². The molecule has 2 unspecified atom stereocenters. The van der Waals surface area contributed by atoms with Crippen LogP contribution < -0.4 is 15.2 Å². The summed E-state index contributed by atoms with van der Waals surface area (Å²) in [7, 11) is 0. The van der Waals surface area contributed by atoms with Gasteiger partial charge in [0.25, 0.3) is 0 Å². The summed E-state index contributed by atoms with van der Waals surface area (Å²) in [5.41, 5.74) is 7.26. The Balaban J connectivity index is 1.86. The summed E-state index contributed by atoms with van der Waals surface area (Å²) >= 11 is 3.56. The van der Waals surface area contributed by atoms with Crippen LogP contribution in [0.25, 0.3) is 0 Å². The molecule has 1 aromatic carbocycles. The molecule has 0 radical (unpaired) electrons. The molecule has 2 heterocycles. The average molecular weight is 344 g/mol. The topological polar surface area (TPSA) is 62.9 Å². The average Bonchev–Trinajstić information content (AvgIpc) is 2.71. The van der Waals surface area contributed by atoms with E-state index in [2.05, 4.69) is 15.9 Å². The molecular formula is C14H18BrNO4. The molecule has 2 aliphatic heterocycles. The second-order valence-corrected chi connectivity index (χ2v) is 5.74. The lowest BCUT2D eigenvalue weighted by Gasteiger charge is -2.29. The molecule has 0 bridgehead atoms. The van der Waals surface area contributed by atoms with Crippen LogP contribution in [-0.4, -0.2) is 39.1 Å². The Morgan fingerprint density at radius 1 is 1.10 bits per heavy atom. The van der Waals surface area contributed by atoms with Gasteiger partial charge in [0.1, 0.15) is 6.10 Å². The van der Waals surface area contributed by atoms with Crippen LogP contribution in [0.2, 0.25) is 0 Å². The number of fused-ring (bicyclic) bond motifs is 1. The monoisotopic (exact) mass is 343 g/mol. The van der Waals surface area contributed by atoms with E-state index in [-0.39, 0.29) is 12.1 Å². The van der Waals surface area contributed by atoms with Crippen LogP contribution in [0.1, 0.15) is 18.0 Å². The van der Waals surface area contributed by atoms with Gasteiger partial charge in [-0.25, -0.2) is 0 Å². The van der Waals surface area contributed by atoms with E-state index >= 15 is 0 Å². The van der Waals surface area contributed by atoms with Crippen molar-refractivity contribution in [3.8, 4) is 11.5 Å². The summed E-state index contributed by atoms with van der Waals surface area (Å²) in [6.45, 7) is 3.06. The summed E-state index contributed by atoms with van der Waals surface area (Å²) in [5.74, 6) is 1.50. The molecule has 2 N–H and O–H groups in total. The Morgan fingerprint density at radius 2 is 1.85 bits per heavy atom. The van der Waals surface area contributed by atoms with Crippen molar-refractivity contribution in [2.24, 2.45) is 5.73 Å². The van der Waals surface area contributed by atoms with Gasteiger partial charge in [-0.1, -0.05) is 15.9 Å². The predicted octanol–water partition coefficient (Wildman–Crippen LogP) is 2.03. The zero-order valence-corrected chi connectivity index (χ0v) is 12.7. The third kappa shape index (κ3) is 2.93. The maximum Gasteiger partial charge on any atom is 0.162 e. The highest BCUT2D eigenvalue weighted by Gasteiger charge is 2.26. The van der Waals surface area contributed by atoms with E-state index in [1.807, 2.05) is 12.1 Å². The minimum absolute atomic E-state index is 0.134. The van der Waals surface area contributed by atoms with E-state index in [1.165, 1.54) is 0 Å². The Labute approximate surface area is 126 Å². The number of benzene rings is 1. The molecule has 3 rings (SSSR count). The number of hydrogen-bond donors (Lipinski definition) is 1. The fraction of sp³-hybridized carbons (Fsp3) is 0.571. The van der Waals surface area contributed by atoms with Crippen LogP contribution >= 0.6 is 15.9 Å². The first kappa shape index (κ1) is 14.1. The summed E-state index contributed by atoms with van der Waals surface area (Å²) < 4.78 is 23.4. The maximum absolute atomic E-state index is 6.31. The first-order chi connectivity index (χ1) is 9.75. The normalized spacial score (nSPS) is 24.0. The molecule has 2 atom stereocenters. The Kier molecular flexibility index (Phi) is 4.45. The van der Waals surface area contributed by atoms with Crippen molar-refractivity contribution in [1.29, 1.82) is 0 Å². The Morgan fingerprint density at radius 3 is 2.55 bits per heavy atom. The fourth-order valence-electron chi connectivity index (χ4n) is 2.37. The molecule has 5 nitrogen and oxygen atoms in total. The van der Waals surface area contributed by atoms with E-state index < -0.39 is 0 Å². The highest BCUT2D eigenvalue weighted by molar-refractivity contribution is 9.10. The van der Waals surface area contributed by atoms with Crippen LogP contribution in [0.3, 0.4) is 0 Å². The van der Waals surface area contributed by atoms with Crippen LogP contribution in [0.5, 0.6) is 11.5 Å². The molecule has 1 fully saturated rings. The lowest BCUT2D eigenvalue weighted by molar-refractivity contribution is -0.0976. The molecular weight excluding hydrogens is 326 g/mol. The quantitative estimate of drug-likeness (QED) is 0.890. The zero-order valence-electron chi connectivity index (χ0n) is 11.1. The van der Waals surface area contributed by atoms with E-state index in [1.54, 1.807) is 0 Å². The van der Waals surface area contributed by atoms with E-state index in [4.69, 9.17) is 24.7 Å². The first-order valence-corrected chi connectivity index (χ1v) is 7.59. The maximum atomic E-state index is 6.31. The van der Waals surface area contributed by atoms with Crippen molar-refractivity contribution in [1.82, 2.24) is 0 Å². The molecule has 1 aromatic rings.